The fraction of sp³-hybridized carbons (Fsp3) is 1.00. The Morgan fingerprint density at radius 2 is 1.50 bits per heavy atom. The molecule has 2 nitrogen and oxygen atoms in total. The second-order valence-electron chi connectivity index (χ2n) is 7.13. The summed E-state index contributed by atoms with van der Waals surface area (Å²) in [5.74, 6) is 1.65. The van der Waals surface area contributed by atoms with E-state index in [9.17, 15) is 0 Å². The van der Waals surface area contributed by atoms with Crippen molar-refractivity contribution in [3.8, 4) is 0 Å². The molecule has 2 aliphatic rings. The van der Waals surface area contributed by atoms with E-state index in [1.165, 1.54) is 32.1 Å². The lowest BCUT2D eigenvalue weighted by molar-refractivity contribution is 0.0535. The Morgan fingerprint density at radius 1 is 0.900 bits per heavy atom. The van der Waals surface area contributed by atoms with Crippen LogP contribution in [0.2, 0.25) is 0 Å². The van der Waals surface area contributed by atoms with Crippen molar-refractivity contribution in [2.45, 2.75) is 73.6 Å². The van der Waals surface area contributed by atoms with Crippen molar-refractivity contribution in [2.75, 3.05) is 26.4 Å². The lowest BCUT2D eigenvalue weighted by Gasteiger charge is -2.24. The van der Waals surface area contributed by atoms with Crippen LogP contribution >= 0.6 is 0 Å². The molecule has 2 atom stereocenters. The quantitative estimate of drug-likeness (QED) is 0.650. The van der Waals surface area contributed by atoms with Crippen molar-refractivity contribution in [2.24, 2.45) is 17.3 Å². The van der Waals surface area contributed by atoms with Crippen LogP contribution < -0.4 is 0 Å². The van der Waals surface area contributed by atoms with Crippen molar-refractivity contribution in [3.63, 3.8) is 0 Å². The van der Waals surface area contributed by atoms with E-state index in [4.69, 9.17) is 9.47 Å². The largest absolute Gasteiger partial charge is 0.381 e. The predicted octanol–water partition coefficient (Wildman–Crippen LogP) is 5.31. The Labute approximate surface area is 127 Å². The molecule has 0 aromatic carbocycles. The van der Waals surface area contributed by atoms with E-state index in [2.05, 4.69) is 41.5 Å². The van der Waals surface area contributed by atoms with Gasteiger partial charge in [-0.15, -0.1) is 0 Å². The van der Waals surface area contributed by atoms with Crippen LogP contribution in [0.1, 0.15) is 73.6 Å². The number of hydrogen-bond donors (Lipinski definition) is 0. The van der Waals surface area contributed by atoms with E-state index in [-0.39, 0.29) is 0 Å². The summed E-state index contributed by atoms with van der Waals surface area (Å²) >= 11 is 0. The fourth-order valence-corrected chi connectivity index (χ4v) is 2.35. The zero-order chi connectivity index (χ0) is 15.4. The summed E-state index contributed by atoms with van der Waals surface area (Å²) in [6.07, 6.45) is 6.46. The van der Waals surface area contributed by atoms with Gasteiger partial charge in [-0.25, -0.2) is 0 Å². The van der Waals surface area contributed by atoms with Gasteiger partial charge in [0.25, 0.3) is 0 Å². The smallest absolute Gasteiger partial charge is 0.0500 e. The Bertz CT molecular complexity index is 196. The average molecular weight is 286 g/mol. The maximum absolute atomic E-state index is 5.28. The lowest BCUT2D eigenvalue weighted by Crippen LogP contribution is -2.19. The maximum Gasteiger partial charge on any atom is 0.0500 e. The third-order valence-corrected chi connectivity index (χ3v) is 3.99. The van der Waals surface area contributed by atoms with Crippen molar-refractivity contribution in [3.05, 3.63) is 0 Å². The lowest BCUT2D eigenvalue weighted by atomic mass is 9.80. The van der Waals surface area contributed by atoms with Crippen LogP contribution in [0.15, 0.2) is 0 Å². The third-order valence-electron chi connectivity index (χ3n) is 3.99. The monoisotopic (exact) mass is 286 g/mol. The Morgan fingerprint density at radius 3 is 1.75 bits per heavy atom. The summed E-state index contributed by atoms with van der Waals surface area (Å²) in [4.78, 5) is 0. The molecule has 2 rings (SSSR count). The molecule has 2 heterocycles. The number of rotatable bonds is 1. The van der Waals surface area contributed by atoms with Gasteiger partial charge in [0.2, 0.25) is 0 Å². The van der Waals surface area contributed by atoms with E-state index in [0.29, 0.717) is 5.41 Å². The first-order chi connectivity index (χ1) is 9.45. The van der Waals surface area contributed by atoms with E-state index >= 15 is 0 Å². The van der Waals surface area contributed by atoms with E-state index in [1.807, 2.05) is 0 Å². The van der Waals surface area contributed by atoms with Crippen molar-refractivity contribution in [1.29, 1.82) is 0 Å². The number of hydrogen-bond acceptors (Lipinski definition) is 2. The van der Waals surface area contributed by atoms with Crippen LogP contribution in [0.3, 0.4) is 0 Å². The molecule has 2 heteroatoms. The molecule has 2 fully saturated rings. The second-order valence-corrected chi connectivity index (χ2v) is 7.13. The molecule has 20 heavy (non-hydrogen) atoms. The molecule has 122 valence electrons. The van der Waals surface area contributed by atoms with Crippen LogP contribution in [0.4, 0.5) is 0 Å². The highest BCUT2D eigenvalue weighted by atomic mass is 16.5. The molecule has 0 aromatic heterocycles. The molecule has 2 aliphatic heterocycles. The fourth-order valence-electron chi connectivity index (χ4n) is 2.35. The molecule has 2 unspecified atom stereocenters. The molecular weight excluding hydrogens is 248 g/mol. The molecule has 0 saturated carbocycles. The minimum absolute atomic E-state index is 0.455. The Kier molecular flexibility index (Phi) is 11.5. The topological polar surface area (TPSA) is 18.5 Å². The molecule has 0 radical (unpaired) electrons. The van der Waals surface area contributed by atoms with Gasteiger partial charge in [0.15, 0.2) is 0 Å². The van der Waals surface area contributed by atoms with Gasteiger partial charge >= 0.3 is 0 Å². The van der Waals surface area contributed by atoms with E-state index in [0.717, 1.165) is 38.3 Å². The molecule has 0 N–H and O–H groups in total. The second kappa shape index (κ2) is 11.6. The van der Waals surface area contributed by atoms with Crippen LogP contribution in [0.5, 0.6) is 0 Å². The van der Waals surface area contributed by atoms with Crippen LogP contribution in [0, 0.1) is 17.3 Å². The maximum atomic E-state index is 5.28. The van der Waals surface area contributed by atoms with E-state index in [1.54, 1.807) is 0 Å². The van der Waals surface area contributed by atoms with Crippen molar-refractivity contribution < 1.29 is 9.47 Å². The zero-order valence-corrected chi connectivity index (χ0v) is 14.8. The molecule has 0 amide bonds. The first kappa shape index (κ1) is 19.9. The molecule has 2 saturated heterocycles. The molecule has 0 bridgehead atoms. The molecule has 0 aliphatic carbocycles. The highest BCUT2D eigenvalue weighted by Crippen LogP contribution is 2.31. The first-order valence-electron chi connectivity index (χ1n) is 8.61. The SMILES string of the molecule is CC(C)(C)C1CCOC1.CCC.CCC1CCCOC1. The normalized spacial score (nSPS) is 26.1. The molecule has 0 aromatic rings. The minimum atomic E-state index is 0.455. The zero-order valence-electron chi connectivity index (χ0n) is 14.8. The van der Waals surface area contributed by atoms with Crippen molar-refractivity contribution >= 4 is 0 Å². The molecule has 0 spiro atoms. The first-order valence-corrected chi connectivity index (χ1v) is 8.61. The highest BCUT2D eigenvalue weighted by Gasteiger charge is 2.27. The van der Waals surface area contributed by atoms with Gasteiger partial charge in [0, 0.05) is 26.4 Å². The number of ether oxygens (including phenoxy) is 2. The summed E-state index contributed by atoms with van der Waals surface area (Å²) in [5, 5.41) is 0. The predicted molar refractivity (Wildman–Crippen MR) is 88.2 cm³/mol. The van der Waals surface area contributed by atoms with Gasteiger partial charge < -0.3 is 9.47 Å². The summed E-state index contributed by atoms with van der Waals surface area (Å²) < 4.78 is 10.6. The average Bonchev–Trinajstić information content (AvgIpc) is 2.95. The van der Waals surface area contributed by atoms with Gasteiger partial charge in [-0.2, -0.15) is 0 Å². The third kappa shape index (κ3) is 9.77. The standard InChI is InChI=1S/C8H16O.C7H14O.C3H8/c1-8(2,3)7-4-5-9-6-7;1-2-7-4-3-5-8-6-7;1-3-2/h7H,4-6H2,1-3H3;7H,2-6H2,1H3;3H2,1-2H3. The Hall–Kier alpha value is -0.0800. The van der Waals surface area contributed by atoms with Gasteiger partial charge in [0.05, 0.1) is 0 Å². The van der Waals surface area contributed by atoms with Crippen LogP contribution in [-0.2, 0) is 9.47 Å². The van der Waals surface area contributed by atoms with Gasteiger partial charge in [-0.05, 0) is 36.5 Å². The molecular formula is C18H38O2. The van der Waals surface area contributed by atoms with Crippen molar-refractivity contribution in [1.82, 2.24) is 0 Å². The summed E-state index contributed by atoms with van der Waals surface area (Å²) in [5.41, 5.74) is 0.455. The minimum Gasteiger partial charge on any atom is -0.381 e. The summed E-state index contributed by atoms with van der Waals surface area (Å²) in [6.45, 7) is 17.3. The highest BCUT2D eigenvalue weighted by molar-refractivity contribution is 4.76. The van der Waals surface area contributed by atoms with Crippen LogP contribution in [-0.4, -0.2) is 26.4 Å². The van der Waals surface area contributed by atoms with Gasteiger partial charge in [-0.1, -0.05) is 54.4 Å². The van der Waals surface area contributed by atoms with Gasteiger partial charge in [-0.3, -0.25) is 0 Å². The Balaban J connectivity index is 0.000000304. The van der Waals surface area contributed by atoms with E-state index < -0.39 is 0 Å². The van der Waals surface area contributed by atoms with Crippen LogP contribution in [0.25, 0.3) is 0 Å². The van der Waals surface area contributed by atoms with Gasteiger partial charge in [0.1, 0.15) is 0 Å². The summed E-state index contributed by atoms with van der Waals surface area (Å²) in [6, 6.07) is 0. The summed E-state index contributed by atoms with van der Waals surface area (Å²) in [7, 11) is 0.